The Labute approximate surface area is 171 Å². The van der Waals surface area contributed by atoms with E-state index in [9.17, 15) is 14.4 Å². The first-order valence-electron chi connectivity index (χ1n) is 9.96. The summed E-state index contributed by atoms with van der Waals surface area (Å²) in [5.74, 6) is 0.171. The summed E-state index contributed by atoms with van der Waals surface area (Å²) in [7, 11) is 0. The first-order chi connectivity index (χ1) is 13.5. The molecule has 3 N–H and O–H groups in total. The van der Waals surface area contributed by atoms with Gasteiger partial charge in [-0.3, -0.25) is 19.1 Å². The Bertz CT molecular complexity index is 953. The van der Waals surface area contributed by atoms with Crippen LogP contribution < -0.4 is 21.9 Å². The van der Waals surface area contributed by atoms with Gasteiger partial charge in [0, 0.05) is 13.0 Å². The standard InChI is InChI=1S/C22H32N4O3/c1-15(2)11-12-25(17(27)13-22(3,4)5)18-19(23)26(21(29)24-20(18)28)14-16-9-7-6-8-10-16/h6-10,15H,11-14,23H2,1-5H3,(H,24,28,29). The van der Waals surface area contributed by atoms with Crippen LogP contribution in [0.1, 0.15) is 53.0 Å². The van der Waals surface area contributed by atoms with Gasteiger partial charge in [-0.25, -0.2) is 4.79 Å². The predicted molar refractivity (Wildman–Crippen MR) is 117 cm³/mol. The predicted octanol–water partition coefficient (Wildman–Crippen LogP) is 2.98. The lowest BCUT2D eigenvalue weighted by molar-refractivity contribution is -0.120. The van der Waals surface area contributed by atoms with Crippen LogP contribution in [0.3, 0.4) is 0 Å². The van der Waals surface area contributed by atoms with Gasteiger partial charge in [-0.1, -0.05) is 65.0 Å². The SMILES string of the molecule is CC(C)CCN(C(=O)CC(C)(C)C)c1c(N)n(Cc2ccccc2)c(=O)[nH]c1=O. The summed E-state index contributed by atoms with van der Waals surface area (Å²) in [6, 6.07) is 9.36. The molecule has 29 heavy (non-hydrogen) atoms. The van der Waals surface area contributed by atoms with Crippen LogP contribution in [0, 0.1) is 11.3 Å². The van der Waals surface area contributed by atoms with E-state index in [1.54, 1.807) is 0 Å². The number of amides is 1. The van der Waals surface area contributed by atoms with E-state index in [1.165, 1.54) is 9.47 Å². The van der Waals surface area contributed by atoms with Gasteiger partial charge in [-0.05, 0) is 23.3 Å². The fraction of sp³-hybridized carbons (Fsp3) is 0.500. The molecule has 158 valence electrons. The van der Waals surface area contributed by atoms with Crippen LogP contribution >= 0.6 is 0 Å². The second kappa shape index (κ2) is 9.11. The molecule has 0 aliphatic carbocycles. The summed E-state index contributed by atoms with van der Waals surface area (Å²) < 4.78 is 1.30. The molecule has 0 radical (unpaired) electrons. The molecule has 0 aliphatic heterocycles. The smallest absolute Gasteiger partial charge is 0.330 e. The average molecular weight is 401 g/mol. The maximum Gasteiger partial charge on any atom is 0.330 e. The Morgan fingerprint density at radius 2 is 1.79 bits per heavy atom. The number of aromatic nitrogens is 2. The molecule has 1 aromatic heterocycles. The highest BCUT2D eigenvalue weighted by atomic mass is 16.2. The zero-order valence-corrected chi connectivity index (χ0v) is 18.0. The molecule has 0 fully saturated rings. The van der Waals surface area contributed by atoms with Crippen molar-refractivity contribution >= 4 is 17.4 Å². The number of carbonyl (C=O) groups excluding carboxylic acids is 1. The van der Waals surface area contributed by atoms with Gasteiger partial charge in [0.15, 0.2) is 5.69 Å². The fourth-order valence-electron chi connectivity index (χ4n) is 3.06. The summed E-state index contributed by atoms with van der Waals surface area (Å²) in [6.45, 7) is 10.6. The molecule has 0 saturated heterocycles. The number of hydrogen-bond acceptors (Lipinski definition) is 4. The lowest BCUT2D eigenvalue weighted by Crippen LogP contribution is -2.42. The first-order valence-corrected chi connectivity index (χ1v) is 9.96. The molecule has 0 bridgehead atoms. The normalized spacial score (nSPS) is 11.7. The number of nitrogens with two attached hydrogens (primary N) is 1. The van der Waals surface area contributed by atoms with Crippen molar-refractivity contribution in [3.63, 3.8) is 0 Å². The number of carbonyl (C=O) groups is 1. The average Bonchev–Trinajstić information content (AvgIpc) is 2.60. The van der Waals surface area contributed by atoms with E-state index in [-0.39, 0.29) is 35.8 Å². The molecule has 0 atom stereocenters. The highest BCUT2D eigenvalue weighted by molar-refractivity contribution is 5.95. The monoisotopic (exact) mass is 400 g/mol. The molecule has 0 aliphatic rings. The van der Waals surface area contributed by atoms with E-state index in [1.807, 2.05) is 51.1 Å². The minimum Gasteiger partial charge on any atom is -0.383 e. The fourth-order valence-corrected chi connectivity index (χ4v) is 3.06. The first kappa shape index (κ1) is 22.5. The van der Waals surface area contributed by atoms with Gasteiger partial charge in [0.05, 0.1) is 6.54 Å². The van der Waals surface area contributed by atoms with E-state index < -0.39 is 11.2 Å². The molecule has 0 saturated carbocycles. The third kappa shape index (κ3) is 6.07. The second-order valence-corrected chi connectivity index (χ2v) is 9.03. The van der Waals surface area contributed by atoms with Crippen molar-refractivity contribution in [3.05, 3.63) is 56.7 Å². The zero-order chi connectivity index (χ0) is 21.8. The van der Waals surface area contributed by atoms with Gasteiger partial charge >= 0.3 is 5.69 Å². The quantitative estimate of drug-likeness (QED) is 0.746. The maximum atomic E-state index is 13.1. The second-order valence-electron chi connectivity index (χ2n) is 9.03. The highest BCUT2D eigenvalue weighted by Gasteiger charge is 2.27. The van der Waals surface area contributed by atoms with Crippen LogP contribution in [0.25, 0.3) is 0 Å². The molecule has 7 heteroatoms. The lowest BCUT2D eigenvalue weighted by Gasteiger charge is -2.28. The number of nitrogens with zero attached hydrogens (tertiary/aromatic N) is 2. The van der Waals surface area contributed by atoms with Crippen molar-refractivity contribution in [1.29, 1.82) is 0 Å². The number of anilines is 2. The van der Waals surface area contributed by atoms with Gasteiger partial charge in [0.2, 0.25) is 5.91 Å². The zero-order valence-electron chi connectivity index (χ0n) is 18.0. The van der Waals surface area contributed by atoms with Gasteiger partial charge in [-0.15, -0.1) is 0 Å². The molecule has 1 aromatic carbocycles. The number of aromatic amines is 1. The maximum absolute atomic E-state index is 13.1. The number of H-pyrrole nitrogens is 1. The number of rotatable bonds is 7. The Morgan fingerprint density at radius 3 is 2.34 bits per heavy atom. The molecular formula is C22H32N4O3. The highest BCUT2D eigenvalue weighted by Crippen LogP contribution is 2.25. The minimum atomic E-state index is -0.636. The topological polar surface area (TPSA) is 101 Å². The molecule has 2 aromatic rings. The lowest BCUT2D eigenvalue weighted by atomic mass is 9.91. The van der Waals surface area contributed by atoms with E-state index in [0.29, 0.717) is 18.9 Å². The summed E-state index contributed by atoms with van der Waals surface area (Å²) in [4.78, 5) is 41.9. The number of benzene rings is 1. The van der Waals surface area contributed by atoms with Crippen molar-refractivity contribution < 1.29 is 4.79 Å². The summed E-state index contributed by atoms with van der Waals surface area (Å²) in [6.07, 6.45) is 0.981. The molecule has 0 spiro atoms. The van der Waals surface area contributed by atoms with E-state index in [2.05, 4.69) is 18.8 Å². The molecule has 7 nitrogen and oxygen atoms in total. The van der Waals surface area contributed by atoms with Crippen molar-refractivity contribution in [2.45, 2.75) is 54.0 Å². The minimum absolute atomic E-state index is 0.00798. The van der Waals surface area contributed by atoms with Crippen LogP contribution in [0.5, 0.6) is 0 Å². The van der Waals surface area contributed by atoms with Crippen LogP contribution in [0.2, 0.25) is 0 Å². The molecule has 1 amide bonds. The van der Waals surface area contributed by atoms with Gasteiger partial charge in [-0.2, -0.15) is 0 Å². The van der Waals surface area contributed by atoms with E-state index in [0.717, 1.165) is 5.56 Å². The van der Waals surface area contributed by atoms with Crippen molar-refractivity contribution in [2.75, 3.05) is 17.2 Å². The van der Waals surface area contributed by atoms with Crippen molar-refractivity contribution in [1.82, 2.24) is 9.55 Å². The Hall–Kier alpha value is -2.83. The van der Waals surface area contributed by atoms with Crippen LogP contribution in [0.4, 0.5) is 11.5 Å². The number of hydrogen-bond donors (Lipinski definition) is 2. The molecule has 1 heterocycles. The van der Waals surface area contributed by atoms with Gasteiger partial charge < -0.3 is 10.6 Å². The number of nitrogen functional groups attached to an aromatic ring is 1. The Balaban J connectivity index is 2.54. The van der Waals surface area contributed by atoms with E-state index in [4.69, 9.17) is 5.73 Å². The summed E-state index contributed by atoms with van der Waals surface area (Å²) >= 11 is 0. The third-order valence-electron chi connectivity index (χ3n) is 4.58. The van der Waals surface area contributed by atoms with E-state index >= 15 is 0 Å². The molecule has 2 rings (SSSR count). The van der Waals surface area contributed by atoms with Crippen molar-refractivity contribution in [2.24, 2.45) is 11.3 Å². The molecular weight excluding hydrogens is 368 g/mol. The van der Waals surface area contributed by atoms with Crippen LogP contribution in [-0.2, 0) is 11.3 Å². The number of nitrogens with one attached hydrogen (secondary N) is 1. The summed E-state index contributed by atoms with van der Waals surface area (Å²) in [5, 5.41) is 0. The van der Waals surface area contributed by atoms with Crippen LogP contribution in [-0.4, -0.2) is 22.0 Å². The Morgan fingerprint density at radius 1 is 1.17 bits per heavy atom. The van der Waals surface area contributed by atoms with Gasteiger partial charge in [0.25, 0.3) is 5.56 Å². The van der Waals surface area contributed by atoms with Crippen LogP contribution in [0.15, 0.2) is 39.9 Å². The largest absolute Gasteiger partial charge is 0.383 e. The van der Waals surface area contributed by atoms with Crippen molar-refractivity contribution in [3.8, 4) is 0 Å². The van der Waals surface area contributed by atoms with Gasteiger partial charge in [0.1, 0.15) is 5.82 Å². The molecule has 0 unspecified atom stereocenters. The Kier molecular flexibility index (Phi) is 7.06. The summed E-state index contributed by atoms with van der Waals surface area (Å²) in [5.41, 5.74) is 5.74. The third-order valence-corrected chi connectivity index (χ3v) is 4.58.